The predicted octanol–water partition coefficient (Wildman–Crippen LogP) is 7.52. The van der Waals surface area contributed by atoms with Gasteiger partial charge < -0.3 is 34.4 Å². The topological polar surface area (TPSA) is 163 Å². The molecular formula is C46H50N8O5S. The van der Waals surface area contributed by atoms with Gasteiger partial charge in [-0.25, -0.2) is 4.98 Å². The molecule has 0 unspecified atom stereocenters. The van der Waals surface area contributed by atoms with E-state index in [9.17, 15) is 19.8 Å². The van der Waals surface area contributed by atoms with Crippen LogP contribution < -0.4 is 10.2 Å². The lowest BCUT2D eigenvalue weighted by Gasteiger charge is -2.59. The highest BCUT2D eigenvalue weighted by molar-refractivity contribution is 7.13. The minimum absolute atomic E-state index is 0.0816. The Morgan fingerprint density at radius 3 is 2.47 bits per heavy atom. The first-order chi connectivity index (χ1) is 28.9. The SMILES string of the molecule is Cc1ncsc1-c1ccc([C@H](C)NC(=O)[C@@H]2C[C@@H](O)CN2C(=O)[C@@H](c2cc(N3CC4(CC(c5cc6nnc(-c7ccccc7O)cc6n5C5CC5)C4)C3)no2)C(C)C)cc1. The molecular weight excluding hydrogens is 777 g/mol. The summed E-state index contributed by atoms with van der Waals surface area (Å²) >= 11 is 1.60. The van der Waals surface area contributed by atoms with Crippen molar-refractivity contribution >= 4 is 40.0 Å². The number of likely N-dealkylation sites (tertiary alicyclic amines) is 1. The van der Waals surface area contributed by atoms with Gasteiger partial charge in [0.2, 0.25) is 11.8 Å². The molecule has 6 aromatic rings. The van der Waals surface area contributed by atoms with E-state index in [4.69, 9.17) is 4.52 Å². The van der Waals surface area contributed by atoms with E-state index < -0.39 is 18.1 Å². The number of hydrogen-bond acceptors (Lipinski definition) is 11. The molecule has 310 valence electrons. The molecule has 14 heteroatoms. The molecule has 2 saturated carbocycles. The first kappa shape index (κ1) is 38.6. The third-order valence-corrected chi connectivity index (χ3v) is 14.2. The van der Waals surface area contributed by atoms with Gasteiger partial charge >= 0.3 is 0 Å². The number of β-amino-alcohol motifs (C(OH)–C–C–N with tert-alkyl or cyclic N) is 1. The van der Waals surface area contributed by atoms with E-state index in [1.807, 2.05) is 81.7 Å². The van der Waals surface area contributed by atoms with Crippen LogP contribution >= 0.6 is 11.3 Å². The van der Waals surface area contributed by atoms with Crippen molar-refractivity contribution in [2.45, 2.75) is 95.9 Å². The van der Waals surface area contributed by atoms with E-state index in [1.165, 1.54) is 10.6 Å². The van der Waals surface area contributed by atoms with Gasteiger partial charge in [-0.2, -0.15) is 0 Å². The molecule has 2 aliphatic carbocycles. The number of anilines is 1. The summed E-state index contributed by atoms with van der Waals surface area (Å²) in [7, 11) is 0. The lowest BCUT2D eigenvalue weighted by Crippen LogP contribution is -2.62. The summed E-state index contributed by atoms with van der Waals surface area (Å²) in [5.41, 5.74) is 9.70. The van der Waals surface area contributed by atoms with Gasteiger partial charge in [-0.05, 0) is 80.8 Å². The van der Waals surface area contributed by atoms with Gasteiger partial charge in [0.05, 0.1) is 39.4 Å². The number of aliphatic hydroxyl groups excluding tert-OH is 1. The molecule has 2 saturated heterocycles. The molecule has 6 heterocycles. The predicted molar refractivity (Wildman–Crippen MR) is 229 cm³/mol. The second-order valence-electron chi connectivity index (χ2n) is 18.0. The van der Waals surface area contributed by atoms with Crippen LogP contribution in [0.15, 0.2) is 76.8 Å². The number of carbonyl (C=O) groups is 2. The van der Waals surface area contributed by atoms with Crippen molar-refractivity contribution in [1.82, 2.24) is 35.1 Å². The maximum Gasteiger partial charge on any atom is 0.243 e. The summed E-state index contributed by atoms with van der Waals surface area (Å²) in [5, 5.41) is 37.8. The monoisotopic (exact) mass is 826 g/mol. The molecule has 1 spiro atoms. The fourth-order valence-corrected chi connectivity index (χ4v) is 10.8. The molecule has 4 atom stereocenters. The van der Waals surface area contributed by atoms with Gasteiger partial charge in [-0.1, -0.05) is 55.4 Å². The van der Waals surface area contributed by atoms with Crippen molar-refractivity contribution in [3.8, 4) is 27.4 Å². The number of aromatic hydroxyl groups is 1. The molecule has 2 amide bonds. The number of hydrogen-bond donors (Lipinski definition) is 3. The Morgan fingerprint density at radius 1 is 1.00 bits per heavy atom. The van der Waals surface area contributed by atoms with Crippen LogP contribution in [0.2, 0.25) is 0 Å². The van der Waals surface area contributed by atoms with Gasteiger partial charge in [0.25, 0.3) is 0 Å². The van der Waals surface area contributed by atoms with E-state index >= 15 is 0 Å². The number of aryl methyl sites for hydroxylation is 1. The number of nitrogens with zero attached hydrogens (tertiary/aromatic N) is 7. The van der Waals surface area contributed by atoms with Gasteiger partial charge in [-0.15, -0.1) is 21.5 Å². The fourth-order valence-electron chi connectivity index (χ4n) is 9.98. The molecule has 4 aromatic heterocycles. The standard InChI is InChI=1S/C46H50N8O5S/c1-25(2)42(45(58)53-21-32(55)15-38(53)44(57)48-26(3)28-9-11-29(12-10-28)43-27(4)47-24-60-43)40-18-41(51-59-40)52-22-46(23-52)19-30(20-46)36-17-35-37(54(36)31-13-14-31)16-34(49-50-35)33-7-5-6-8-39(33)56/h5-12,16-18,24-26,30-32,38,42,55-56H,13-15,19-23H2,1-4H3,(H,48,57)/t26-,32+,38-,42+/m0/s1. The van der Waals surface area contributed by atoms with Crippen LogP contribution in [0.3, 0.4) is 0 Å². The average Bonchev–Trinajstić information content (AvgIpc) is 3.49. The van der Waals surface area contributed by atoms with E-state index in [0.717, 1.165) is 77.3 Å². The van der Waals surface area contributed by atoms with Crippen LogP contribution in [0.25, 0.3) is 32.7 Å². The Balaban J connectivity index is 0.787. The molecule has 0 radical (unpaired) electrons. The molecule has 0 bridgehead atoms. The Hall–Kier alpha value is -5.60. The highest BCUT2D eigenvalue weighted by Crippen LogP contribution is 2.58. The van der Waals surface area contributed by atoms with Crippen LogP contribution in [-0.4, -0.2) is 83.6 Å². The highest BCUT2D eigenvalue weighted by Gasteiger charge is 2.54. The normalized spacial score (nSPS) is 21.0. The Morgan fingerprint density at radius 2 is 1.77 bits per heavy atom. The van der Waals surface area contributed by atoms with Crippen LogP contribution in [0, 0.1) is 18.3 Å². The number of nitrogens with one attached hydrogen (secondary N) is 1. The fraction of sp³-hybridized carbons (Fsp3) is 0.435. The minimum atomic E-state index is -0.803. The summed E-state index contributed by atoms with van der Waals surface area (Å²) < 4.78 is 8.40. The second-order valence-corrected chi connectivity index (χ2v) is 18.8. The van der Waals surface area contributed by atoms with E-state index in [1.54, 1.807) is 17.4 Å². The summed E-state index contributed by atoms with van der Waals surface area (Å²) in [6.07, 6.45) is 3.82. The Bertz CT molecular complexity index is 2580. The number of rotatable bonds is 11. The van der Waals surface area contributed by atoms with E-state index in [2.05, 4.69) is 47.3 Å². The number of aromatic nitrogens is 5. The van der Waals surface area contributed by atoms with Gasteiger partial charge in [0.1, 0.15) is 23.2 Å². The molecule has 60 heavy (non-hydrogen) atoms. The first-order valence-corrected chi connectivity index (χ1v) is 22.0. The summed E-state index contributed by atoms with van der Waals surface area (Å²) in [4.78, 5) is 37.3. The highest BCUT2D eigenvalue weighted by atomic mass is 32.1. The number of para-hydroxylation sites is 1. The van der Waals surface area contributed by atoms with Crippen molar-refractivity contribution in [2.75, 3.05) is 24.5 Å². The van der Waals surface area contributed by atoms with Gasteiger partial charge in [0, 0.05) is 60.8 Å². The first-order valence-electron chi connectivity index (χ1n) is 21.1. The number of carbonyl (C=O) groups excluding carboxylic acids is 2. The molecule has 2 aliphatic heterocycles. The molecule has 4 fully saturated rings. The second kappa shape index (κ2) is 14.8. The quantitative estimate of drug-likeness (QED) is 0.119. The summed E-state index contributed by atoms with van der Waals surface area (Å²) in [6.45, 7) is 9.67. The number of benzene rings is 2. The van der Waals surface area contributed by atoms with Crippen molar-refractivity contribution in [3.63, 3.8) is 0 Å². The number of thiazole rings is 1. The van der Waals surface area contributed by atoms with Crippen LogP contribution in [0.5, 0.6) is 5.75 Å². The number of fused-ring (bicyclic) bond motifs is 1. The van der Waals surface area contributed by atoms with Crippen molar-refractivity contribution in [2.24, 2.45) is 11.3 Å². The van der Waals surface area contributed by atoms with Crippen molar-refractivity contribution in [3.05, 3.63) is 95.0 Å². The lowest BCUT2D eigenvalue weighted by molar-refractivity contribution is -0.141. The molecule has 13 nitrogen and oxygen atoms in total. The minimum Gasteiger partial charge on any atom is -0.507 e. The number of amides is 2. The smallest absolute Gasteiger partial charge is 0.243 e. The third-order valence-electron chi connectivity index (χ3n) is 13.3. The third kappa shape index (κ3) is 6.83. The van der Waals surface area contributed by atoms with Crippen molar-refractivity contribution < 1.29 is 24.3 Å². The number of aliphatic hydroxyl groups is 1. The van der Waals surface area contributed by atoms with E-state index in [-0.39, 0.29) is 47.9 Å². The zero-order chi connectivity index (χ0) is 41.4. The molecule has 10 rings (SSSR count). The molecule has 4 aliphatic rings. The number of phenols is 1. The van der Waals surface area contributed by atoms with Gasteiger partial charge in [-0.3, -0.25) is 9.59 Å². The molecule has 2 aromatic carbocycles. The Kier molecular flexibility index (Phi) is 9.55. The maximum absolute atomic E-state index is 14.3. The summed E-state index contributed by atoms with van der Waals surface area (Å²) in [5.74, 6) is 0.493. The number of phenolic OH excluding ortho intramolecular Hbond substituents is 1. The summed E-state index contributed by atoms with van der Waals surface area (Å²) in [6, 6.07) is 20.9. The zero-order valence-electron chi connectivity index (χ0n) is 34.3. The average molecular weight is 827 g/mol. The largest absolute Gasteiger partial charge is 0.507 e. The zero-order valence-corrected chi connectivity index (χ0v) is 35.1. The Labute approximate surface area is 352 Å². The van der Waals surface area contributed by atoms with Crippen LogP contribution in [-0.2, 0) is 9.59 Å². The van der Waals surface area contributed by atoms with Crippen LogP contribution in [0.4, 0.5) is 5.82 Å². The van der Waals surface area contributed by atoms with Gasteiger partial charge in [0.15, 0.2) is 11.6 Å². The lowest BCUT2D eigenvalue weighted by atomic mass is 9.57. The van der Waals surface area contributed by atoms with E-state index in [0.29, 0.717) is 29.0 Å². The van der Waals surface area contributed by atoms with Crippen LogP contribution in [0.1, 0.15) is 99.5 Å². The van der Waals surface area contributed by atoms with Crippen molar-refractivity contribution in [1.29, 1.82) is 0 Å². The molecule has 3 N–H and O–H groups in total. The maximum atomic E-state index is 14.3.